The molecule has 4 nitrogen and oxygen atoms in total. The molecule has 0 spiro atoms. The van der Waals surface area contributed by atoms with Crippen LogP contribution in [0.5, 0.6) is 5.75 Å². The van der Waals surface area contributed by atoms with Crippen molar-refractivity contribution >= 4 is 0 Å². The Balaban J connectivity index is 1.83. The molecule has 1 aromatic heterocycles. The first kappa shape index (κ1) is 13.6. The van der Waals surface area contributed by atoms with Crippen molar-refractivity contribution in [1.29, 1.82) is 0 Å². The second-order valence-electron chi connectivity index (χ2n) is 4.56. The van der Waals surface area contributed by atoms with E-state index < -0.39 is 0 Å². The normalized spacial score (nSPS) is 10.6. The van der Waals surface area contributed by atoms with Crippen LogP contribution in [0.1, 0.15) is 24.7 Å². The SMILES string of the molecule is CCCNCc1ccc(OCc2nccn2C)cc1. The van der Waals surface area contributed by atoms with Gasteiger partial charge in [-0.05, 0) is 30.7 Å². The summed E-state index contributed by atoms with van der Waals surface area (Å²) in [7, 11) is 1.97. The zero-order chi connectivity index (χ0) is 13.5. The Morgan fingerprint density at radius 1 is 1.26 bits per heavy atom. The quantitative estimate of drug-likeness (QED) is 0.776. The minimum atomic E-state index is 0.497. The number of hydrogen-bond acceptors (Lipinski definition) is 3. The molecular weight excluding hydrogens is 238 g/mol. The zero-order valence-corrected chi connectivity index (χ0v) is 11.6. The third-order valence-corrected chi connectivity index (χ3v) is 2.97. The van der Waals surface area contributed by atoms with E-state index in [1.165, 1.54) is 5.56 Å². The molecule has 2 aromatic rings. The first-order chi connectivity index (χ1) is 9.29. The largest absolute Gasteiger partial charge is 0.486 e. The van der Waals surface area contributed by atoms with Crippen molar-refractivity contribution in [3.05, 3.63) is 48.0 Å². The molecule has 1 aromatic carbocycles. The van der Waals surface area contributed by atoms with Crippen molar-refractivity contribution in [2.45, 2.75) is 26.5 Å². The maximum atomic E-state index is 5.71. The van der Waals surface area contributed by atoms with E-state index in [2.05, 4.69) is 29.4 Å². The van der Waals surface area contributed by atoms with Crippen LogP contribution in [0.3, 0.4) is 0 Å². The first-order valence-electron chi connectivity index (χ1n) is 6.68. The molecule has 1 N–H and O–H groups in total. The molecule has 0 radical (unpaired) electrons. The number of aryl methyl sites for hydroxylation is 1. The lowest BCUT2D eigenvalue weighted by molar-refractivity contribution is 0.291. The molecule has 0 aliphatic heterocycles. The summed E-state index contributed by atoms with van der Waals surface area (Å²) >= 11 is 0. The summed E-state index contributed by atoms with van der Waals surface area (Å²) < 4.78 is 7.67. The molecular formula is C15H21N3O. The number of nitrogens with zero attached hydrogens (tertiary/aromatic N) is 2. The molecule has 0 unspecified atom stereocenters. The minimum absolute atomic E-state index is 0.497. The van der Waals surface area contributed by atoms with Gasteiger partial charge in [-0.2, -0.15) is 0 Å². The van der Waals surface area contributed by atoms with E-state index in [1.54, 1.807) is 6.20 Å². The molecule has 102 valence electrons. The lowest BCUT2D eigenvalue weighted by Crippen LogP contribution is -2.13. The van der Waals surface area contributed by atoms with Gasteiger partial charge in [0.15, 0.2) is 0 Å². The van der Waals surface area contributed by atoms with Crippen LogP contribution in [-0.4, -0.2) is 16.1 Å². The lowest BCUT2D eigenvalue weighted by atomic mass is 10.2. The van der Waals surface area contributed by atoms with E-state index in [0.29, 0.717) is 6.61 Å². The highest BCUT2D eigenvalue weighted by molar-refractivity contribution is 5.27. The molecule has 0 saturated heterocycles. The van der Waals surface area contributed by atoms with Gasteiger partial charge in [-0.25, -0.2) is 4.98 Å². The predicted octanol–water partition coefficient (Wildman–Crippen LogP) is 2.50. The van der Waals surface area contributed by atoms with Gasteiger partial charge in [0.05, 0.1) is 0 Å². The van der Waals surface area contributed by atoms with Gasteiger partial charge in [-0.15, -0.1) is 0 Å². The molecule has 19 heavy (non-hydrogen) atoms. The molecule has 1 heterocycles. The molecule has 4 heteroatoms. The topological polar surface area (TPSA) is 39.1 Å². The van der Waals surface area contributed by atoms with Crippen LogP contribution in [-0.2, 0) is 20.2 Å². The Hall–Kier alpha value is -1.81. The Kier molecular flexibility index (Phi) is 4.98. The van der Waals surface area contributed by atoms with Crippen LogP contribution in [0.4, 0.5) is 0 Å². The molecule has 0 aliphatic carbocycles. The van der Waals surface area contributed by atoms with Crippen molar-refractivity contribution in [3.63, 3.8) is 0 Å². The van der Waals surface area contributed by atoms with Crippen molar-refractivity contribution in [3.8, 4) is 5.75 Å². The monoisotopic (exact) mass is 259 g/mol. The average molecular weight is 259 g/mol. The van der Waals surface area contributed by atoms with Gasteiger partial charge in [0.1, 0.15) is 18.2 Å². The van der Waals surface area contributed by atoms with Crippen molar-refractivity contribution in [1.82, 2.24) is 14.9 Å². The number of aromatic nitrogens is 2. The van der Waals surface area contributed by atoms with E-state index >= 15 is 0 Å². The summed E-state index contributed by atoms with van der Waals surface area (Å²) in [5, 5.41) is 3.38. The lowest BCUT2D eigenvalue weighted by Gasteiger charge is -2.08. The second kappa shape index (κ2) is 6.95. The fourth-order valence-electron chi connectivity index (χ4n) is 1.80. The number of hydrogen-bond donors (Lipinski definition) is 1. The van der Waals surface area contributed by atoms with Gasteiger partial charge >= 0.3 is 0 Å². The average Bonchev–Trinajstić information content (AvgIpc) is 2.84. The smallest absolute Gasteiger partial charge is 0.146 e. The maximum absolute atomic E-state index is 5.71. The van der Waals surface area contributed by atoms with Crippen molar-refractivity contribution < 1.29 is 4.74 Å². The zero-order valence-electron chi connectivity index (χ0n) is 11.6. The van der Waals surface area contributed by atoms with Crippen molar-refractivity contribution in [2.24, 2.45) is 7.05 Å². The van der Waals surface area contributed by atoms with Gasteiger partial charge in [0, 0.05) is 26.0 Å². The van der Waals surface area contributed by atoms with Crippen LogP contribution in [0.2, 0.25) is 0 Å². The summed E-state index contributed by atoms with van der Waals surface area (Å²) in [5.41, 5.74) is 1.28. The maximum Gasteiger partial charge on any atom is 0.146 e. The molecule has 0 fully saturated rings. The van der Waals surface area contributed by atoms with Crippen LogP contribution in [0.25, 0.3) is 0 Å². The Morgan fingerprint density at radius 3 is 2.68 bits per heavy atom. The summed E-state index contributed by atoms with van der Waals surface area (Å²) in [6.07, 6.45) is 4.85. The Bertz CT molecular complexity index is 490. The summed E-state index contributed by atoms with van der Waals surface area (Å²) in [6, 6.07) is 8.20. The number of nitrogens with one attached hydrogen (secondary N) is 1. The summed E-state index contributed by atoms with van der Waals surface area (Å²) in [4.78, 5) is 4.23. The Labute approximate surface area is 114 Å². The number of ether oxygens (including phenoxy) is 1. The third kappa shape index (κ3) is 4.10. The Morgan fingerprint density at radius 2 is 2.05 bits per heavy atom. The van der Waals surface area contributed by atoms with Gasteiger partial charge in [0.25, 0.3) is 0 Å². The molecule has 0 bridgehead atoms. The van der Waals surface area contributed by atoms with Gasteiger partial charge in [-0.3, -0.25) is 0 Å². The first-order valence-corrected chi connectivity index (χ1v) is 6.68. The number of rotatable bonds is 7. The highest BCUT2D eigenvalue weighted by Crippen LogP contribution is 2.13. The van der Waals surface area contributed by atoms with Gasteiger partial charge < -0.3 is 14.6 Å². The fourth-order valence-corrected chi connectivity index (χ4v) is 1.80. The van der Waals surface area contributed by atoms with Crippen LogP contribution < -0.4 is 10.1 Å². The van der Waals surface area contributed by atoms with Crippen LogP contribution >= 0.6 is 0 Å². The van der Waals surface area contributed by atoms with Gasteiger partial charge in [-0.1, -0.05) is 19.1 Å². The number of imidazole rings is 1. The van der Waals surface area contributed by atoms with Gasteiger partial charge in [0.2, 0.25) is 0 Å². The summed E-state index contributed by atoms with van der Waals surface area (Å²) in [6.45, 7) is 4.63. The molecule has 0 saturated carbocycles. The molecule has 0 atom stereocenters. The molecule has 0 aliphatic rings. The van der Waals surface area contributed by atoms with Crippen LogP contribution in [0.15, 0.2) is 36.7 Å². The molecule has 0 amide bonds. The standard InChI is InChI=1S/C15H21N3O/c1-3-8-16-11-13-4-6-14(7-5-13)19-12-15-17-9-10-18(15)2/h4-7,9-10,16H,3,8,11-12H2,1-2H3. The van der Waals surface area contributed by atoms with E-state index in [0.717, 1.165) is 31.1 Å². The number of benzene rings is 1. The van der Waals surface area contributed by atoms with E-state index in [1.807, 2.05) is 29.9 Å². The second-order valence-corrected chi connectivity index (χ2v) is 4.56. The van der Waals surface area contributed by atoms with Crippen LogP contribution in [0, 0.1) is 0 Å². The molecule has 2 rings (SSSR count). The highest BCUT2D eigenvalue weighted by atomic mass is 16.5. The fraction of sp³-hybridized carbons (Fsp3) is 0.400. The van der Waals surface area contributed by atoms with E-state index in [9.17, 15) is 0 Å². The minimum Gasteiger partial charge on any atom is -0.486 e. The van der Waals surface area contributed by atoms with E-state index in [4.69, 9.17) is 4.74 Å². The summed E-state index contributed by atoms with van der Waals surface area (Å²) in [5.74, 6) is 1.80. The predicted molar refractivity (Wildman–Crippen MR) is 76.0 cm³/mol. The highest BCUT2D eigenvalue weighted by Gasteiger charge is 2.00. The van der Waals surface area contributed by atoms with E-state index in [-0.39, 0.29) is 0 Å². The third-order valence-electron chi connectivity index (χ3n) is 2.97. The van der Waals surface area contributed by atoms with Crippen molar-refractivity contribution in [2.75, 3.05) is 6.54 Å².